The van der Waals surface area contributed by atoms with Crippen LogP contribution in [0.15, 0.2) is 58.1 Å². The molecule has 0 fully saturated rings. The lowest BCUT2D eigenvalue weighted by atomic mass is 10.1. The van der Waals surface area contributed by atoms with Crippen molar-refractivity contribution in [1.29, 1.82) is 0 Å². The van der Waals surface area contributed by atoms with E-state index in [-0.39, 0.29) is 23.9 Å². The molecule has 0 radical (unpaired) electrons. The fourth-order valence-electron chi connectivity index (χ4n) is 2.96. The summed E-state index contributed by atoms with van der Waals surface area (Å²) in [7, 11) is 1.55. The summed E-state index contributed by atoms with van der Waals surface area (Å²) in [5, 5.41) is 0.420. The smallest absolute Gasteiger partial charge is 0.332 e. The number of aromatic nitrogens is 2. The average Bonchev–Trinajstić information content (AvgIpc) is 2.65. The number of hydrogen-bond acceptors (Lipinski definition) is 4. The zero-order chi connectivity index (χ0) is 18.8. The molecule has 0 amide bonds. The quantitative estimate of drug-likeness (QED) is 0.662. The van der Waals surface area contributed by atoms with Crippen LogP contribution in [0.2, 0.25) is 0 Å². The minimum Gasteiger partial charge on any atom is -0.497 e. The summed E-state index contributed by atoms with van der Waals surface area (Å²) >= 11 is 0. The van der Waals surface area contributed by atoms with Gasteiger partial charge in [0.05, 0.1) is 24.6 Å². The minimum absolute atomic E-state index is 0.140. The lowest BCUT2D eigenvalue weighted by Crippen LogP contribution is -2.42. The molecular weight excluding hydrogens is 332 g/mol. The average molecular weight is 352 g/mol. The van der Waals surface area contributed by atoms with Crippen LogP contribution >= 0.6 is 0 Å². The van der Waals surface area contributed by atoms with E-state index in [0.717, 1.165) is 0 Å². The molecule has 0 atom stereocenters. The molecule has 1 heterocycles. The predicted octanol–water partition coefficient (Wildman–Crippen LogP) is 2.64. The topological polar surface area (TPSA) is 70.3 Å². The number of hydrogen-bond donors (Lipinski definition) is 0. The molecule has 3 rings (SSSR count). The number of fused-ring (bicyclic) bond motifs is 1. The Morgan fingerprint density at radius 3 is 2.31 bits per heavy atom. The maximum Gasteiger partial charge on any atom is 0.332 e. The van der Waals surface area contributed by atoms with Gasteiger partial charge in [0.2, 0.25) is 0 Å². The van der Waals surface area contributed by atoms with Crippen LogP contribution in [0.25, 0.3) is 10.9 Å². The van der Waals surface area contributed by atoms with Gasteiger partial charge in [0.1, 0.15) is 5.75 Å². The predicted molar refractivity (Wildman–Crippen MR) is 100 cm³/mol. The maximum absolute atomic E-state index is 12.9. The normalized spacial score (nSPS) is 11.1. The van der Waals surface area contributed by atoms with Gasteiger partial charge in [-0.05, 0) is 50.2 Å². The number of ether oxygens (including phenoxy) is 1. The van der Waals surface area contributed by atoms with Gasteiger partial charge in [-0.1, -0.05) is 12.1 Å². The number of carbonyl (C=O) groups is 1. The second kappa shape index (κ2) is 7.00. The van der Waals surface area contributed by atoms with Gasteiger partial charge in [-0.3, -0.25) is 18.7 Å². The Kier molecular flexibility index (Phi) is 4.75. The second-order valence-electron chi connectivity index (χ2n) is 6.31. The number of Topliss-reactive ketones (excluding diaryl/α,β-unsaturated/α-hetero) is 1. The number of benzene rings is 2. The van der Waals surface area contributed by atoms with E-state index in [1.165, 1.54) is 9.13 Å². The third kappa shape index (κ3) is 3.06. The summed E-state index contributed by atoms with van der Waals surface area (Å²) in [5.74, 6) is 0.436. The van der Waals surface area contributed by atoms with Crippen LogP contribution in [0, 0.1) is 0 Å². The van der Waals surface area contributed by atoms with E-state index in [1.54, 1.807) is 69.5 Å². The van der Waals surface area contributed by atoms with E-state index >= 15 is 0 Å². The van der Waals surface area contributed by atoms with Crippen molar-refractivity contribution in [3.05, 3.63) is 74.9 Å². The standard InChI is InChI=1S/C20H20N2O4/c1-13(2)22-19(24)16-6-4-5-7-17(16)21(20(22)25)12-18(23)14-8-10-15(26-3)11-9-14/h4-11,13H,12H2,1-3H3. The van der Waals surface area contributed by atoms with Crippen molar-refractivity contribution in [2.24, 2.45) is 0 Å². The van der Waals surface area contributed by atoms with Gasteiger partial charge in [-0.2, -0.15) is 0 Å². The Bertz CT molecular complexity index is 1080. The number of ketones is 1. The summed E-state index contributed by atoms with van der Waals surface area (Å²) in [6.45, 7) is 3.40. The van der Waals surface area contributed by atoms with Gasteiger partial charge in [0.15, 0.2) is 5.78 Å². The van der Waals surface area contributed by atoms with E-state index in [1.807, 2.05) is 0 Å². The first-order valence-electron chi connectivity index (χ1n) is 8.35. The largest absolute Gasteiger partial charge is 0.497 e. The van der Waals surface area contributed by atoms with Gasteiger partial charge in [0, 0.05) is 11.6 Å². The SMILES string of the molecule is COc1ccc(C(=O)Cn2c(=O)n(C(C)C)c(=O)c3ccccc32)cc1. The highest BCUT2D eigenvalue weighted by Gasteiger charge is 2.17. The number of nitrogens with zero attached hydrogens (tertiary/aromatic N) is 2. The van der Waals surface area contributed by atoms with Gasteiger partial charge in [-0.15, -0.1) is 0 Å². The zero-order valence-corrected chi connectivity index (χ0v) is 14.9. The first-order valence-corrected chi connectivity index (χ1v) is 8.35. The third-order valence-corrected chi connectivity index (χ3v) is 4.31. The molecule has 0 aliphatic rings. The van der Waals surface area contributed by atoms with E-state index in [9.17, 15) is 14.4 Å². The molecule has 0 unspecified atom stereocenters. The van der Waals surface area contributed by atoms with E-state index in [2.05, 4.69) is 0 Å². The van der Waals surface area contributed by atoms with Crippen molar-refractivity contribution in [3.63, 3.8) is 0 Å². The fourth-order valence-corrected chi connectivity index (χ4v) is 2.96. The zero-order valence-electron chi connectivity index (χ0n) is 14.9. The van der Waals surface area contributed by atoms with Crippen molar-refractivity contribution >= 4 is 16.7 Å². The second-order valence-corrected chi connectivity index (χ2v) is 6.31. The summed E-state index contributed by atoms with van der Waals surface area (Å²) in [5.41, 5.74) is 0.115. The molecule has 0 aliphatic carbocycles. The lowest BCUT2D eigenvalue weighted by Gasteiger charge is -2.15. The molecule has 3 aromatic rings. The molecule has 0 spiro atoms. The summed E-state index contributed by atoms with van der Waals surface area (Å²) < 4.78 is 7.64. The summed E-state index contributed by atoms with van der Waals surface area (Å²) in [6.07, 6.45) is 0. The molecule has 6 nitrogen and oxygen atoms in total. The molecular formula is C20H20N2O4. The van der Waals surface area contributed by atoms with Gasteiger partial charge < -0.3 is 4.74 Å². The highest BCUT2D eigenvalue weighted by atomic mass is 16.5. The van der Waals surface area contributed by atoms with Crippen LogP contribution < -0.4 is 16.0 Å². The van der Waals surface area contributed by atoms with E-state index in [0.29, 0.717) is 22.2 Å². The van der Waals surface area contributed by atoms with E-state index < -0.39 is 5.69 Å². The molecule has 26 heavy (non-hydrogen) atoms. The van der Waals surface area contributed by atoms with Crippen LogP contribution in [0.5, 0.6) is 5.75 Å². The molecule has 2 aromatic carbocycles. The maximum atomic E-state index is 12.9. The van der Waals surface area contributed by atoms with Crippen molar-refractivity contribution in [2.45, 2.75) is 26.4 Å². The first-order chi connectivity index (χ1) is 12.4. The van der Waals surface area contributed by atoms with Crippen LogP contribution in [0.3, 0.4) is 0 Å². The Labute approximate surface area is 150 Å². The monoisotopic (exact) mass is 352 g/mol. The Morgan fingerprint density at radius 2 is 1.69 bits per heavy atom. The van der Waals surface area contributed by atoms with Gasteiger partial charge in [-0.25, -0.2) is 4.79 Å². The lowest BCUT2D eigenvalue weighted by molar-refractivity contribution is 0.0971. The van der Waals surface area contributed by atoms with Crippen LogP contribution in [-0.4, -0.2) is 22.0 Å². The molecule has 134 valence electrons. The Hall–Kier alpha value is -3.15. The van der Waals surface area contributed by atoms with Gasteiger partial charge in [0.25, 0.3) is 5.56 Å². The molecule has 0 bridgehead atoms. The van der Waals surface area contributed by atoms with Gasteiger partial charge >= 0.3 is 5.69 Å². The number of para-hydroxylation sites is 1. The third-order valence-electron chi connectivity index (χ3n) is 4.31. The highest BCUT2D eigenvalue weighted by Crippen LogP contribution is 2.14. The molecule has 0 N–H and O–H groups in total. The van der Waals surface area contributed by atoms with Crippen LogP contribution in [0.4, 0.5) is 0 Å². The summed E-state index contributed by atoms with van der Waals surface area (Å²) in [6, 6.07) is 13.3. The molecule has 0 aliphatic heterocycles. The Morgan fingerprint density at radius 1 is 1.04 bits per heavy atom. The minimum atomic E-state index is -0.481. The highest BCUT2D eigenvalue weighted by molar-refractivity contribution is 5.96. The van der Waals surface area contributed by atoms with E-state index in [4.69, 9.17) is 4.74 Å². The molecule has 0 saturated carbocycles. The molecule has 0 saturated heterocycles. The first kappa shape index (κ1) is 17.7. The molecule has 1 aromatic heterocycles. The number of rotatable bonds is 5. The Balaban J connectivity index is 2.13. The van der Waals surface area contributed by atoms with Crippen molar-refractivity contribution in [2.75, 3.05) is 7.11 Å². The van der Waals surface area contributed by atoms with Crippen LogP contribution in [0.1, 0.15) is 30.2 Å². The van der Waals surface area contributed by atoms with Crippen LogP contribution in [-0.2, 0) is 6.54 Å². The number of methoxy groups -OCH3 is 1. The van der Waals surface area contributed by atoms with Crippen molar-refractivity contribution < 1.29 is 9.53 Å². The fraction of sp³-hybridized carbons (Fsp3) is 0.250. The summed E-state index contributed by atoms with van der Waals surface area (Å²) in [4.78, 5) is 38.2. The number of carbonyl (C=O) groups excluding carboxylic acids is 1. The van der Waals surface area contributed by atoms with Crippen molar-refractivity contribution in [3.8, 4) is 5.75 Å². The molecule has 6 heteroatoms. The van der Waals surface area contributed by atoms with Crippen molar-refractivity contribution in [1.82, 2.24) is 9.13 Å².